The lowest BCUT2D eigenvalue weighted by Crippen LogP contribution is -2.59. The Morgan fingerprint density at radius 3 is 2.10 bits per heavy atom. The summed E-state index contributed by atoms with van der Waals surface area (Å²) in [6.45, 7) is 19.5. The first-order valence-electron chi connectivity index (χ1n) is 16.6. The molecule has 0 radical (unpaired) electrons. The molecule has 232 valence electrons. The molecule has 6 aliphatic rings. The standard InChI is InChI=1S/C35H56O6/c1-21(37)39-23-18-32(8)25-11-10-24-30(5,6)27(40-22(2)38)13-15-34(24)19-35(25,34)17-16-31(32,7)28(23)33(9)14-12-26(41-33)29(3,4)20-36/h23-28,36H,10-20H2,1-9H3/t23?,24?,25-,26?,27?,28?,31+,32-,33+,34+,35-/m0/s1. The van der Waals surface area contributed by atoms with Gasteiger partial charge in [0.25, 0.3) is 0 Å². The molecule has 6 fully saturated rings. The summed E-state index contributed by atoms with van der Waals surface area (Å²) in [6.07, 6.45) is 10.8. The molecule has 5 aliphatic carbocycles. The molecule has 0 aromatic carbocycles. The van der Waals surface area contributed by atoms with Crippen LogP contribution in [0.2, 0.25) is 0 Å². The number of hydrogen-bond acceptors (Lipinski definition) is 6. The second-order valence-electron chi connectivity index (χ2n) is 17.4. The summed E-state index contributed by atoms with van der Waals surface area (Å²) < 4.78 is 19.2. The number of ether oxygens (including phenoxy) is 3. The molecule has 6 heteroatoms. The smallest absolute Gasteiger partial charge is 0.302 e. The maximum absolute atomic E-state index is 12.5. The van der Waals surface area contributed by atoms with Crippen molar-refractivity contribution in [2.75, 3.05) is 6.61 Å². The van der Waals surface area contributed by atoms with Gasteiger partial charge in [0, 0.05) is 30.6 Å². The zero-order valence-corrected chi connectivity index (χ0v) is 27.2. The van der Waals surface area contributed by atoms with E-state index < -0.39 is 5.60 Å². The second kappa shape index (κ2) is 8.96. The van der Waals surface area contributed by atoms with E-state index in [0.29, 0.717) is 22.7 Å². The molecule has 6 nitrogen and oxygen atoms in total. The SMILES string of the molecule is CC(=O)OC1C[C@@]2(C)[C@@H]3CCC4C(C)(C)C(OC(C)=O)CC[C@@]45C[C@@]35CC[C@]2(C)C1[C@@]1(C)CCC(C(C)(C)CO)O1. The van der Waals surface area contributed by atoms with Crippen LogP contribution in [-0.2, 0) is 23.8 Å². The van der Waals surface area contributed by atoms with Gasteiger partial charge in [0.2, 0.25) is 0 Å². The molecule has 1 saturated heterocycles. The summed E-state index contributed by atoms with van der Waals surface area (Å²) in [5.74, 6) is 0.968. The molecule has 5 unspecified atom stereocenters. The molecule has 11 atom stereocenters. The van der Waals surface area contributed by atoms with E-state index in [4.69, 9.17) is 14.2 Å². The Balaban J connectivity index is 1.34. The summed E-state index contributed by atoms with van der Waals surface area (Å²) in [4.78, 5) is 24.5. The minimum atomic E-state index is -0.392. The number of rotatable bonds is 5. The predicted octanol–water partition coefficient (Wildman–Crippen LogP) is 6.86. The maximum atomic E-state index is 12.5. The zero-order chi connectivity index (χ0) is 30.0. The van der Waals surface area contributed by atoms with Crippen LogP contribution in [0.25, 0.3) is 0 Å². The fourth-order valence-corrected chi connectivity index (χ4v) is 12.9. The van der Waals surface area contributed by atoms with E-state index in [1.54, 1.807) is 13.8 Å². The van der Waals surface area contributed by atoms with Crippen LogP contribution in [0, 0.1) is 50.2 Å². The molecule has 0 bridgehead atoms. The van der Waals surface area contributed by atoms with Gasteiger partial charge in [0.05, 0.1) is 18.3 Å². The zero-order valence-electron chi connectivity index (χ0n) is 27.2. The van der Waals surface area contributed by atoms with E-state index in [0.717, 1.165) is 38.5 Å². The minimum Gasteiger partial charge on any atom is -0.462 e. The third-order valence-electron chi connectivity index (χ3n) is 14.9. The molecular weight excluding hydrogens is 516 g/mol. The molecule has 6 rings (SSSR count). The van der Waals surface area contributed by atoms with Gasteiger partial charge in [-0.1, -0.05) is 41.5 Å². The van der Waals surface area contributed by atoms with Gasteiger partial charge in [-0.25, -0.2) is 0 Å². The predicted molar refractivity (Wildman–Crippen MR) is 157 cm³/mol. The Hall–Kier alpha value is -1.14. The van der Waals surface area contributed by atoms with Gasteiger partial charge in [-0.2, -0.15) is 0 Å². The Morgan fingerprint density at radius 1 is 0.829 bits per heavy atom. The highest BCUT2D eigenvalue weighted by Gasteiger charge is 2.84. The molecular formula is C35H56O6. The third kappa shape index (κ3) is 3.80. The van der Waals surface area contributed by atoms with E-state index >= 15 is 0 Å². The average molecular weight is 573 g/mol. The number of aliphatic hydroxyl groups excluding tert-OH is 1. The van der Waals surface area contributed by atoms with E-state index in [1.165, 1.54) is 25.7 Å². The third-order valence-corrected chi connectivity index (χ3v) is 14.9. The van der Waals surface area contributed by atoms with Gasteiger partial charge >= 0.3 is 11.9 Å². The van der Waals surface area contributed by atoms with Crippen LogP contribution in [0.3, 0.4) is 0 Å². The summed E-state index contributed by atoms with van der Waals surface area (Å²) in [5, 5.41) is 10.1. The fraction of sp³-hybridized carbons (Fsp3) is 0.943. The molecule has 0 aromatic heterocycles. The molecule has 1 N–H and O–H groups in total. The summed E-state index contributed by atoms with van der Waals surface area (Å²) in [5.41, 5.74) is 0.0334. The normalized spacial score (nSPS) is 51.6. The van der Waals surface area contributed by atoms with Gasteiger partial charge in [-0.3, -0.25) is 9.59 Å². The Morgan fingerprint density at radius 2 is 1.46 bits per heavy atom. The molecule has 2 spiro atoms. The maximum Gasteiger partial charge on any atom is 0.302 e. The number of aliphatic hydroxyl groups is 1. The van der Waals surface area contributed by atoms with Crippen LogP contribution in [0.1, 0.15) is 127 Å². The van der Waals surface area contributed by atoms with Crippen molar-refractivity contribution in [1.29, 1.82) is 0 Å². The van der Waals surface area contributed by atoms with Gasteiger partial charge in [0.1, 0.15) is 12.2 Å². The monoisotopic (exact) mass is 572 g/mol. The Bertz CT molecular complexity index is 1110. The van der Waals surface area contributed by atoms with Crippen LogP contribution in [0.5, 0.6) is 0 Å². The molecule has 5 saturated carbocycles. The van der Waals surface area contributed by atoms with Crippen LogP contribution in [-0.4, -0.2) is 47.6 Å². The second-order valence-corrected chi connectivity index (χ2v) is 17.4. The first-order chi connectivity index (χ1) is 18.9. The van der Waals surface area contributed by atoms with Gasteiger partial charge in [0.15, 0.2) is 0 Å². The van der Waals surface area contributed by atoms with E-state index in [2.05, 4.69) is 48.5 Å². The first-order valence-corrected chi connectivity index (χ1v) is 16.6. The topological polar surface area (TPSA) is 82.1 Å². The number of esters is 2. The largest absolute Gasteiger partial charge is 0.462 e. The number of fused-ring (bicyclic) bond motifs is 2. The van der Waals surface area contributed by atoms with E-state index in [-0.39, 0.29) is 64.4 Å². The summed E-state index contributed by atoms with van der Waals surface area (Å²) in [6, 6.07) is 0. The molecule has 0 aromatic rings. The van der Waals surface area contributed by atoms with Crippen molar-refractivity contribution in [3.05, 3.63) is 0 Å². The molecule has 1 heterocycles. The highest BCUT2D eigenvalue weighted by Crippen LogP contribution is 2.89. The number of carbonyl (C=O) groups is 2. The Labute approximate surface area is 248 Å². The van der Waals surface area contributed by atoms with Crippen molar-refractivity contribution in [3.63, 3.8) is 0 Å². The van der Waals surface area contributed by atoms with Gasteiger partial charge in [-0.15, -0.1) is 0 Å². The van der Waals surface area contributed by atoms with Crippen LogP contribution in [0.15, 0.2) is 0 Å². The fourth-order valence-electron chi connectivity index (χ4n) is 12.9. The van der Waals surface area contributed by atoms with Crippen molar-refractivity contribution in [1.82, 2.24) is 0 Å². The highest BCUT2D eigenvalue weighted by molar-refractivity contribution is 5.66. The lowest BCUT2D eigenvalue weighted by molar-refractivity contribution is -0.198. The first kappa shape index (κ1) is 29.9. The average Bonchev–Trinajstić information content (AvgIpc) is 3.25. The van der Waals surface area contributed by atoms with Crippen LogP contribution >= 0.6 is 0 Å². The quantitative estimate of drug-likeness (QED) is 0.363. The van der Waals surface area contributed by atoms with Crippen molar-refractivity contribution in [2.45, 2.75) is 150 Å². The highest BCUT2D eigenvalue weighted by atomic mass is 16.6. The number of hydrogen-bond donors (Lipinski definition) is 1. The summed E-state index contributed by atoms with van der Waals surface area (Å²) >= 11 is 0. The lowest BCUT2D eigenvalue weighted by atomic mass is 9.41. The summed E-state index contributed by atoms with van der Waals surface area (Å²) in [7, 11) is 0. The molecule has 41 heavy (non-hydrogen) atoms. The van der Waals surface area contributed by atoms with Crippen LogP contribution in [0.4, 0.5) is 0 Å². The minimum absolute atomic E-state index is 0.00218. The van der Waals surface area contributed by atoms with Gasteiger partial charge < -0.3 is 19.3 Å². The molecule has 1 aliphatic heterocycles. The molecule has 0 amide bonds. The van der Waals surface area contributed by atoms with Crippen LogP contribution < -0.4 is 0 Å². The van der Waals surface area contributed by atoms with Gasteiger partial charge in [-0.05, 0) is 105 Å². The lowest BCUT2D eigenvalue weighted by Gasteiger charge is -2.63. The van der Waals surface area contributed by atoms with Crippen molar-refractivity contribution < 1.29 is 28.9 Å². The number of carbonyl (C=O) groups excluding carboxylic acids is 2. The van der Waals surface area contributed by atoms with Crippen molar-refractivity contribution in [3.8, 4) is 0 Å². The van der Waals surface area contributed by atoms with E-state index in [9.17, 15) is 14.7 Å². The van der Waals surface area contributed by atoms with Crippen molar-refractivity contribution >= 4 is 11.9 Å². The van der Waals surface area contributed by atoms with Crippen molar-refractivity contribution in [2.24, 2.45) is 50.2 Å². The van der Waals surface area contributed by atoms with E-state index in [1.807, 2.05) is 0 Å². The Kier molecular flexibility index (Phi) is 6.53.